The topological polar surface area (TPSA) is 28.9 Å². The van der Waals surface area contributed by atoms with E-state index < -0.39 is 0 Å². The molecule has 15 rings (SSSR count). The van der Waals surface area contributed by atoms with Crippen LogP contribution in [0.25, 0.3) is 121 Å². The Morgan fingerprint density at radius 1 is 0.262 bits per heavy atom. The number of ether oxygens (including phenoxy) is 1. The Balaban J connectivity index is 0.959. The molecule has 0 unspecified atom stereocenters. The number of nitrogens with zero attached hydrogens (tertiary/aromatic N) is 4. The number of benzene rings is 10. The van der Waals surface area contributed by atoms with Gasteiger partial charge < -0.3 is 23.0 Å². The van der Waals surface area contributed by atoms with Gasteiger partial charge in [0, 0.05) is 65.7 Å². The van der Waals surface area contributed by atoms with E-state index in [0.29, 0.717) is 0 Å². The standard InChI is InChI=1S/C60H36N4O/c1-5-20-50-42(13-1)43-14-2-6-21-51(43)62(50)39-31-33-54-48(35-39)49-36-40(63-52-22-7-3-15-44(52)45-16-4-8-23-53(45)63)32-34-55(49)61(54)38-29-27-37(28-30-38)41-17-11-18-46-47-19-12-26-58-60(47)64(59(41)46)56-24-9-10-25-57(56)65-58/h1-36H. The zero-order valence-electron chi connectivity index (χ0n) is 35.0. The first-order valence-electron chi connectivity index (χ1n) is 22.3. The van der Waals surface area contributed by atoms with Crippen molar-refractivity contribution in [1.82, 2.24) is 18.3 Å². The lowest BCUT2D eigenvalue weighted by atomic mass is 10.0. The molecule has 10 aromatic carbocycles. The van der Waals surface area contributed by atoms with Crippen LogP contribution in [0.1, 0.15) is 0 Å². The van der Waals surface area contributed by atoms with Crippen LogP contribution in [0.15, 0.2) is 218 Å². The molecule has 1 aliphatic heterocycles. The summed E-state index contributed by atoms with van der Waals surface area (Å²) in [6.07, 6.45) is 0. The summed E-state index contributed by atoms with van der Waals surface area (Å²) in [6, 6.07) is 79.6. The third kappa shape index (κ3) is 4.71. The summed E-state index contributed by atoms with van der Waals surface area (Å²) in [7, 11) is 0. The molecule has 0 spiro atoms. The van der Waals surface area contributed by atoms with Crippen molar-refractivity contribution >= 4 is 87.2 Å². The quantitative estimate of drug-likeness (QED) is 0.174. The number of hydrogen-bond donors (Lipinski definition) is 0. The van der Waals surface area contributed by atoms with E-state index in [1.807, 2.05) is 6.07 Å². The van der Waals surface area contributed by atoms with Gasteiger partial charge in [0.25, 0.3) is 0 Å². The number of aromatic nitrogens is 4. The predicted molar refractivity (Wildman–Crippen MR) is 269 cm³/mol. The van der Waals surface area contributed by atoms with E-state index >= 15 is 0 Å². The first-order chi connectivity index (χ1) is 32.3. The molecular formula is C60H36N4O. The summed E-state index contributed by atoms with van der Waals surface area (Å²) in [4.78, 5) is 0. The molecule has 5 heterocycles. The first-order valence-corrected chi connectivity index (χ1v) is 22.3. The molecule has 0 aliphatic carbocycles. The number of hydrogen-bond acceptors (Lipinski definition) is 1. The zero-order chi connectivity index (χ0) is 42.3. The van der Waals surface area contributed by atoms with Crippen LogP contribution in [0.3, 0.4) is 0 Å². The van der Waals surface area contributed by atoms with Crippen LogP contribution >= 0.6 is 0 Å². The highest BCUT2D eigenvalue weighted by atomic mass is 16.5. The fraction of sp³-hybridized carbons (Fsp3) is 0. The van der Waals surface area contributed by atoms with Gasteiger partial charge in [-0.3, -0.25) is 0 Å². The smallest absolute Gasteiger partial charge is 0.152 e. The maximum atomic E-state index is 6.46. The van der Waals surface area contributed by atoms with Gasteiger partial charge in [0.1, 0.15) is 0 Å². The molecule has 0 saturated carbocycles. The second-order valence-electron chi connectivity index (χ2n) is 17.3. The van der Waals surface area contributed by atoms with E-state index in [2.05, 4.69) is 231 Å². The molecule has 302 valence electrons. The average molecular weight is 829 g/mol. The molecule has 65 heavy (non-hydrogen) atoms. The fourth-order valence-corrected chi connectivity index (χ4v) is 11.2. The zero-order valence-corrected chi connectivity index (χ0v) is 35.0. The molecular weight excluding hydrogens is 793 g/mol. The largest absolute Gasteiger partial charge is 0.453 e. The second-order valence-corrected chi connectivity index (χ2v) is 17.3. The summed E-state index contributed by atoms with van der Waals surface area (Å²) < 4.78 is 16.1. The highest BCUT2D eigenvalue weighted by molar-refractivity contribution is 6.17. The van der Waals surface area contributed by atoms with E-state index in [1.165, 1.54) is 76.2 Å². The molecule has 0 saturated heterocycles. The van der Waals surface area contributed by atoms with Gasteiger partial charge in [-0.2, -0.15) is 0 Å². The van der Waals surface area contributed by atoms with Crippen molar-refractivity contribution in [3.05, 3.63) is 218 Å². The van der Waals surface area contributed by atoms with Crippen LogP contribution in [-0.2, 0) is 0 Å². The number of para-hydroxylation sites is 8. The monoisotopic (exact) mass is 828 g/mol. The molecule has 5 heteroatoms. The maximum Gasteiger partial charge on any atom is 0.152 e. The van der Waals surface area contributed by atoms with Crippen LogP contribution in [0.4, 0.5) is 0 Å². The van der Waals surface area contributed by atoms with E-state index in [9.17, 15) is 0 Å². The molecule has 5 nitrogen and oxygen atoms in total. The minimum absolute atomic E-state index is 0.865. The van der Waals surface area contributed by atoms with Crippen LogP contribution in [0, 0.1) is 0 Å². The summed E-state index contributed by atoms with van der Waals surface area (Å²) >= 11 is 0. The van der Waals surface area contributed by atoms with Crippen molar-refractivity contribution in [2.75, 3.05) is 0 Å². The Morgan fingerprint density at radius 2 is 0.677 bits per heavy atom. The predicted octanol–water partition coefficient (Wildman–Crippen LogP) is 15.8. The molecule has 0 amide bonds. The van der Waals surface area contributed by atoms with Crippen LogP contribution < -0.4 is 4.74 Å². The van der Waals surface area contributed by atoms with E-state index in [0.717, 1.165) is 56.4 Å². The molecule has 0 atom stereocenters. The minimum Gasteiger partial charge on any atom is -0.453 e. The lowest BCUT2D eigenvalue weighted by Gasteiger charge is -2.21. The lowest BCUT2D eigenvalue weighted by molar-refractivity contribution is 0.476. The van der Waals surface area contributed by atoms with E-state index in [4.69, 9.17) is 4.74 Å². The molecule has 0 bridgehead atoms. The second kappa shape index (κ2) is 12.9. The van der Waals surface area contributed by atoms with Gasteiger partial charge in [0.2, 0.25) is 0 Å². The van der Waals surface area contributed by atoms with Crippen molar-refractivity contribution in [3.8, 4) is 45.4 Å². The number of rotatable bonds is 4. The highest BCUT2D eigenvalue weighted by Crippen LogP contribution is 2.48. The van der Waals surface area contributed by atoms with Gasteiger partial charge in [-0.1, -0.05) is 127 Å². The Kier molecular flexibility index (Phi) is 6.89. The van der Waals surface area contributed by atoms with E-state index in [1.54, 1.807) is 0 Å². The fourth-order valence-electron chi connectivity index (χ4n) is 11.2. The molecule has 0 radical (unpaired) electrons. The van der Waals surface area contributed by atoms with Crippen molar-refractivity contribution in [1.29, 1.82) is 0 Å². The average Bonchev–Trinajstić information content (AvgIpc) is 4.10. The third-order valence-corrected chi connectivity index (χ3v) is 13.9. The van der Waals surface area contributed by atoms with Crippen LogP contribution in [0.5, 0.6) is 11.5 Å². The Labute approximate surface area is 372 Å². The lowest BCUT2D eigenvalue weighted by Crippen LogP contribution is -2.04. The summed E-state index contributed by atoms with van der Waals surface area (Å²) in [5.74, 6) is 1.75. The molecule has 1 aliphatic rings. The Bertz CT molecular complexity index is 4050. The van der Waals surface area contributed by atoms with Crippen LogP contribution in [0.2, 0.25) is 0 Å². The van der Waals surface area contributed by atoms with Gasteiger partial charge in [0.15, 0.2) is 11.5 Å². The van der Waals surface area contributed by atoms with Crippen molar-refractivity contribution < 1.29 is 4.74 Å². The normalized spacial score (nSPS) is 12.4. The Hall–Kier alpha value is -8.80. The van der Waals surface area contributed by atoms with Gasteiger partial charge in [-0.25, -0.2) is 0 Å². The van der Waals surface area contributed by atoms with Crippen molar-refractivity contribution in [2.24, 2.45) is 0 Å². The molecule has 14 aromatic rings. The van der Waals surface area contributed by atoms with Crippen molar-refractivity contribution in [3.63, 3.8) is 0 Å². The highest BCUT2D eigenvalue weighted by Gasteiger charge is 2.25. The number of fused-ring (bicyclic) bond motifs is 14. The summed E-state index contributed by atoms with van der Waals surface area (Å²) in [5.41, 5.74) is 16.2. The molecule has 4 aromatic heterocycles. The third-order valence-electron chi connectivity index (χ3n) is 13.9. The van der Waals surface area contributed by atoms with E-state index in [-0.39, 0.29) is 0 Å². The molecule has 0 fully saturated rings. The van der Waals surface area contributed by atoms with Gasteiger partial charge >= 0.3 is 0 Å². The van der Waals surface area contributed by atoms with Gasteiger partial charge in [0.05, 0.1) is 49.8 Å². The summed E-state index contributed by atoms with van der Waals surface area (Å²) in [5, 5.41) is 9.82. The van der Waals surface area contributed by atoms with Crippen LogP contribution in [-0.4, -0.2) is 18.3 Å². The van der Waals surface area contributed by atoms with Gasteiger partial charge in [-0.05, 0) is 96.6 Å². The minimum atomic E-state index is 0.865. The first kappa shape index (κ1) is 34.7. The molecule has 0 N–H and O–H groups in total. The SMILES string of the molecule is c1ccc2c(c1)Oc1cccc3c4cccc(-c5ccc(-n6c7ccc(-n8c9ccccc9c9ccccc98)cc7c7cc(-n8c9ccccc9c9ccccc98)ccc76)cc5)c4n-2c13. The van der Waals surface area contributed by atoms with Crippen molar-refractivity contribution in [2.45, 2.75) is 0 Å². The Morgan fingerprint density at radius 3 is 1.25 bits per heavy atom. The van der Waals surface area contributed by atoms with Gasteiger partial charge in [-0.15, -0.1) is 0 Å². The summed E-state index contributed by atoms with van der Waals surface area (Å²) in [6.45, 7) is 0. The maximum absolute atomic E-state index is 6.46.